The number of hydrogen-bond acceptors (Lipinski definition) is 4. The highest BCUT2D eigenvalue weighted by Crippen LogP contribution is 2.22. The molecular weight excluding hydrogens is 272 g/mol. The molecule has 0 aliphatic heterocycles. The van der Waals surface area contributed by atoms with Crippen LogP contribution >= 0.6 is 11.3 Å². The first-order valence-corrected chi connectivity index (χ1v) is 7.78. The molecular formula is C15H20N2O2S. The summed E-state index contributed by atoms with van der Waals surface area (Å²) in [6.07, 6.45) is 1.51. The van der Waals surface area contributed by atoms with Crippen molar-refractivity contribution in [1.29, 1.82) is 0 Å². The molecule has 2 aromatic heterocycles. The average molecular weight is 292 g/mol. The van der Waals surface area contributed by atoms with E-state index in [2.05, 4.69) is 40.9 Å². The molecule has 0 saturated heterocycles. The van der Waals surface area contributed by atoms with Gasteiger partial charge in [-0.25, -0.2) is 0 Å². The lowest BCUT2D eigenvalue weighted by Crippen LogP contribution is -2.37. The Balaban J connectivity index is 2.03. The van der Waals surface area contributed by atoms with Crippen molar-refractivity contribution in [2.75, 3.05) is 19.6 Å². The maximum absolute atomic E-state index is 12.0. The van der Waals surface area contributed by atoms with Gasteiger partial charge in [-0.3, -0.25) is 9.69 Å². The minimum absolute atomic E-state index is 0.164. The van der Waals surface area contributed by atoms with Crippen molar-refractivity contribution in [3.05, 3.63) is 46.5 Å². The highest BCUT2D eigenvalue weighted by Gasteiger charge is 2.20. The predicted octanol–water partition coefficient (Wildman–Crippen LogP) is 3.15. The first-order chi connectivity index (χ1) is 9.76. The number of hydrogen-bond donors (Lipinski definition) is 1. The van der Waals surface area contributed by atoms with Gasteiger partial charge in [0.25, 0.3) is 5.91 Å². The van der Waals surface area contributed by atoms with Gasteiger partial charge >= 0.3 is 0 Å². The maximum Gasteiger partial charge on any atom is 0.287 e. The van der Waals surface area contributed by atoms with Gasteiger partial charge in [0, 0.05) is 6.54 Å². The second-order valence-corrected chi connectivity index (χ2v) is 5.26. The lowest BCUT2D eigenvalue weighted by atomic mass is 10.1. The van der Waals surface area contributed by atoms with Crippen LogP contribution in [0.15, 0.2) is 39.6 Å². The first-order valence-electron chi connectivity index (χ1n) is 6.84. The Labute approximate surface area is 123 Å². The Bertz CT molecular complexity index is 504. The molecule has 0 bridgehead atoms. The van der Waals surface area contributed by atoms with Gasteiger partial charge in [0.15, 0.2) is 5.76 Å². The van der Waals surface area contributed by atoms with Gasteiger partial charge in [-0.1, -0.05) is 13.8 Å². The van der Waals surface area contributed by atoms with E-state index in [0.29, 0.717) is 12.3 Å². The molecule has 108 valence electrons. The summed E-state index contributed by atoms with van der Waals surface area (Å²) in [4.78, 5) is 14.3. The number of furan rings is 1. The van der Waals surface area contributed by atoms with Crippen molar-refractivity contribution in [3.63, 3.8) is 0 Å². The third kappa shape index (κ3) is 3.49. The van der Waals surface area contributed by atoms with E-state index >= 15 is 0 Å². The second-order valence-electron chi connectivity index (χ2n) is 4.48. The number of carbonyl (C=O) groups is 1. The van der Waals surface area contributed by atoms with Crippen LogP contribution in [-0.2, 0) is 0 Å². The van der Waals surface area contributed by atoms with Crippen molar-refractivity contribution in [1.82, 2.24) is 10.2 Å². The summed E-state index contributed by atoms with van der Waals surface area (Å²) < 4.78 is 5.11. The topological polar surface area (TPSA) is 45.5 Å². The number of likely N-dealkylation sites (N-methyl/N-ethyl adjacent to an activating group) is 1. The van der Waals surface area contributed by atoms with E-state index in [1.54, 1.807) is 23.5 Å². The minimum atomic E-state index is -0.164. The monoisotopic (exact) mass is 292 g/mol. The van der Waals surface area contributed by atoms with Crippen LogP contribution < -0.4 is 5.32 Å². The highest BCUT2D eigenvalue weighted by atomic mass is 32.1. The van der Waals surface area contributed by atoms with Crippen molar-refractivity contribution in [2.24, 2.45) is 0 Å². The zero-order valence-electron chi connectivity index (χ0n) is 11.8. The average Bonchev–Trinajstić information content (AvgIpc) is 3.15. The van der Waals surface area contributed by atoms with Crippen LogP contribution in [0.1, 0.15) is 36.0 Å². The van der Waals surface area contributed by atoms with Crippen LogP contribution in [0, 0.1) is 0 Å². The SMILES string of the molecule is CCN(CC)[C@@H](CNC(=O)c1ccco1)c1ccsc1. The third-order valence-corrected chi connectivity index (χ3v) is 4.08. The van der Waals surface area contributed by atoms with Gasteiger partial charge in [-0.2, -0.15) is 11.3 Å². The zero-order chi connectivity index (χ0) is 14.4. The van der Waals surface area contributed by atoms with E-state index in [4.69, 9.17) is 4.42 Å². The van der Waals surface area contributed by atoms with Crippen LogP contribution in [0.3, 0.4) is 0 Å². The molecule has 2 heterocycles. The molecule has 2 aromatic rings. The van der Waals surface area contributed by atoms with E-state index in [-0.39, 0.29) is 11.9 Å². The van der Waals surface area contributed by atoms with Crippen LogP contribution in [0.5, 0.6) is 0 Å². The molecule has 1 atom stereocenters. The van der Waals surface area contributed by atoms with E-state index in [9.17, 15) is 4.79 Å². The van der Waals surface area contributed by atoms with Crippen molar-refractivity contribution in [2.45, 2.75) is 19.9 Å². The standard InChI is InChI=1S/C15H20N2O2S/c1-3-17(4-2)13(12-7-9-20-11-12)10-16-15(18)14-6-5-8-19-14/h5-9,11,13H,3-4,10H2,1-2H3,(H,16,18)/t13-/m0/s1. The molecule has 0 radical (unpaired) electrons. The summed E-state index contributed by atoms with van der Waals surface area (Å²) in [5, 5.41) is 7.16. The number of nitrogens with one attached hydrogen (secondary N) is 1. The van der Waals surface area contributed by atoms with Gasteiger partial charge in [0.05, 0.1) is 12.3 Å². The fourth-order valence-electron chi connectivity index (χ4n) is 2.27. The predicted molar refractivity (Wildman–Crippen MR) is 81.0 cm³/mol. The first kappa shape index (κ1) is 14.8. The molecule has 2 rings (SSSR count). The highest BCUT2D eigenvalue weighted by molar-refractivity contribution is 7.07. The number of rotatable bonds is 7. The largest absolute Gasteiger partial charge is 0.459 e. The summed E-state index contributed by atoms with van der Waals surface area (Å²) in [7, 11) is 0. The van der Waals surface area contributed by atoms with Crippen molar-refractivity contribution < 1.29 is 9.21 Å². The smallest absolute Gasteiger partial charge is 0.287 e. The summed E-state index contributed by atoms with van der Waals surface area (Å²) in [6, 6.07) is 5.71. The van der Waals surface area contributed by atoms with Crippen LogP contribution in [-0.4, -0.2) is 30.4 Å². The Morgan fingerprint density at radius 1 is 1.40 bits per heavy atom. The molecule has 0 aromatic carbocycles. The van der Waals surface area contributed by atoms with E-state index in [1.807, 2.05) is 0 Å². The van der Waals surface area contributed by atoms with Gasteiger partial charge in [0.1, 0.15) is 0 Å². The number of carbonyl (C=O) groups excluding carboxylic acids is 1. The summed E-state index contributed by atoms with van der Waals surface area (Å²) >= 11 is 1.68. The molecule has 0 unspecified atom stereocenters. The zero-order valence-corrected chi connectivity index (χ0v) is 12.7. The Kier molecular flexibility index (Phi) is 5.38. The lowest BCUT2D eigenvalue weighted by molar-refractivity contribution is 0.0907. The van der Waals surface area contributed by atoms with Gasteiger partial charge < -0.3 is 9.73 Å². The van der Waals surface area contributed by atoms with Gasteiger partial charge in [0.2, 0.25) is 0 Å². The Morgan fingerprint density at radius 2 is 2.20 bits per heavy atom. The molecule has 0 aliphatic carbocycles. The molecule has 5 heteroatoms. The normalized spacial score (nSPS) is 12.6. The number of amides is 1. The van der Waals surface area contributed by atoms with Crippen LogP contribution in [0.2, 0.25) is 0 Å². The summed E-state index contributed by atoms with van der Waals surface area (Å²) in [6.45, 7) is 6.76. The Hall–Kier alpha value is -1.59. The molecule has 1 amide bonds. The summed E-state index contributed by atoms with van der Waals surface area (Å²) in [5.41, 5.74) is 1.25. The lowest BCUT2D eigenvalue weighted by Gasteiger charge is -2.29. The van der Waals surface area contributed by atoms with Crippen LogP contribution in [0.4, 0.5) is 0 Å². The molecule has 0 saturated carbocycles. The minimum Gasteiger partial charge on any atom is -0.459 e. The molecule has 0 spiro atoms. The quantitative estimate of drug-likeness (QED) is 0.852. The summed E-state index contributed by atoms with van der Waals surface area (Å²) in [5.74, 6) is 0.191. The fraction of sp³-hybridized carbons (Fsp3) is 0.400. The third-order valence-electron chi connectivity index (χ3n) is 3.38. The Morgan fingerprint density at radius 3 is 2.75 bits per heavy atom. The molecule has 1 N–H and O–H groups in total. The molecule has 0 fully saturated rings. The van der Waals surface area contributed by atoms with Crippen molar-refractivity contribution in [3.8, 4) is 0 Å². The maximum atomic E-state index is 12.0. The van der Waals surface area contributed by atoms with E-state index in [1.165, 1.54) is 11.8 Å². The van der Waals surface area contributed by atoms with Gasteiger partial charge in [-0.15, -0.1) is 0 Å². The molecule has 20 heavy (non-hydrogen) atoms. The van der Waals surface area contributed by atoms with E-state index < -0.39 is 0 Å². The van der Waals surface area contributed by atoms with Gasteiger partial charge in [-0.05, 0) is 47.6 Å². The molecule has 4 nitrogen and oxygen atoms in total. The second kappa shape index (κ2) is 7.26. The number of nitrogens with zero attached hydrogens (tertiary/aromatic N) is 1. The fourth-order valence-corrected chi connectivity index (χ4v) is 2.98. The molecule has 0 aliphatic rings. The van der Waals surface area contributed by atoms with Crippen LogP contribution in [0.25, 0.3) is 0 Å². The van der Waals surface area contributed by atoms with E-state index in [0.717, 1.165) is 13.1 Å². The number of thiophene rings is 1. The van der Waals surface area contributed by atoms with Crippen molar-refractivity contribution >= 4 is 17.2 Å².